The van der Waals surface area contributed by atoms with Gasteiger partial charge in [0.05, 0.1) is 11.7 Å². The Morgan fingerprint density at radius 2 is 2.17 bits per heavy atom. The summed E-state index contributed by atoms with van der Waals surface area (Å²) >= 11 is 0. The third-order valence-electron chi connectivity index (χ3n) is 4.06. The summed E-state index contributed by atoms with van der Waals surface area (Å²) in [5, 5.41) is 3.69. The van der Waals surface area contributed by atoms with Gasteiger partial charge < -0.3 is 5.32 Å². The Bertz CT molecular complexity index is 356. The molecule has 1 aromatic heterocycles. The summed E-state index contributed by atoms with van der Waals surface area (Å²) in [6.45, 7) is 5.50. The van der Waals surface area contributed by atoms with Gasteiger partial charge >= 0.3 is 0 Å². The molecule has 1 saturated carbocycles. The van der Waals surface area contributed by atoms with Crippen molar-refractivity contribution in [1.82, 2.24) is 10.3 Å². The molecule has 1 aliphatic carbocycles. The van der Waals surface area contributed by atoms with Gasteiger partial charge in [0.1, 0.15) is 0 Å². The molecule has 0 aliphatic heterocycles. The number of nitrogens with one attached hydrogen (secondary N) is 1. The summed E-state index contributed by atoms with van der Waals surface area (Å²) in [7, 11) is 0. The second-order valence-corrected chi connectivity index (χ2v) is 5.60. The maximum Gasteiger partial charge on any atom is 0.0602 e. The number of hydrogen-bond acceptors (Lipinski definition) is 2. The number of aromatic nitrogens is 1. The smallest absolute Gasteiger partial charge is 0.0602 e. The van der Waals surface area contributed by atoms with Crippen LogP contribution in [0.2, 0.25) is 0 Å². The topological polar surface area (TPSA) is 24.9 Å². The van der Waals surface area contributed by atoms with E-state index in [9.17, 15) is 0 Å². The van der Waals surface area contributed by atoms with Gasteiger partial charge in [0.15, 0.2) is 0 Å². The predicted octanol–water partition coefficient (Wildman–Crippen LogP) is 4.01. The van der Waals surface area contributed by atoms with E-state index in [2.05, 4.69) is 30.2 Å². The van der Waals surface area contributed by atoms with Gasteiger partial charge in [-0.25, -0.2) is 0 Å². The molecule has 0 bridgehead atoms. The normalized spacial score (nSPS) is 18.1. The van der Waals surface area contributed by atoms with Crippen LogP contribution in [0.25, 0.3) is 0 Å². The van der Waals surface area contributed by atoms with Crippen molar-refractivity contribution in [3.05, 3.63) is 29.6 Å². The minimum Gasteiger partial charge on any atom is -0.309 e. The Kier molecular flexibility index (Phi) is 5.18. The average molecular weight is 246 g/mol. The van der Waals surface area contributed by atoms with Crippen LogP contribution in [0.15, 0.2) is 18.3 Å². The van der Waals surface area contributed by atoms with Crippen LogP contribution in [0, 0.1) is 12.8 Å². The summed E-state index contributed by atoms with van der Waals surface area (Å²) in [6.07, 6.45) is 10.0. The van der Waals surface area contributed by atoms with E-state index in [-0.39, 0.29) is 0 Å². The van der Waals surface area contributed by atoms with Crippen LogP contribution in [0.1, 0.15) is 62.7 Å². The molecule has 1 heterocycles. The maximum atomic E-state index is 4.61. The van der Waals surface area contributed by atoms with Crippen molar-refractivity contribution in [2.45, 2.75) is 58.4 Å². The largest absolute Gasteiger partial charge is 0.309 e. The standard InChI is InChI=1S/C16H26N2/c1-3-10-17-15(12-14-8-4-5-9-14)16-13(2)7-6-11-18-16/h6-7,11,14-15,17H,3-5,8-10,12H2,1-2H3. The van der Waals surface area contributed by atoms with Crippen molar-refractivity contribution in [3.63, 3.8) is 0 Å². The molecular formula is C16H26N2. The lowest BCUT2D eigenvalue weighted by Gasteiger charge is -2.22. The van der Waals surface area contributed by atoms with Gasteiger partial charge in [0, 0.05) is 6.20 Å². The molecule has 1 N–H and O–H groups in total. The molecule has 18 heavy (non-hydrogen) atoms. The van der Waals surface area contributed by atoms with E-state index in [0.29, 0.717) is 6.04 Å². The fraction of sp³-hybridized carbons (Fsp3) is 0.688. The lowest BCUT2D eigenvalue weighted by molar-refractivity contribution is 0.388. The van der Waals surface area contributed by atoms with Crippen LogP contribution in [-0.4, -0.2) is 11.5 Å². The SMILES string of the molecule is CCCNC(CC1CCCC1)c1ncccc1C. The number of rotatable bonds is 6. The van der Waals surface area contributed by atoms with Crippen molar-refractivity contribution >= 4 is 0 Å². The van der Waals surface area contributed by atoms with Gasteiger partial charge in [-0.15, -0.1) is 0 Å². The molecule has 1 aliphatic rings. The Labute approximate surface area is 111 Å². The zero-order chi connectivity index (χ0) is 12.8. The van der Waals surface area contributed by atoms with Gasteiger partial charge in [0.25, 0.3) is 0 Å². The van der Waals surface area contributed by atoms with Crippen LogP contribution in [0.4, 0.5) is 0 Å². The highest BCUT2D eigenvalue weighted by Crippen LogP contribution is 2.33. The molecule has 1 unspecified atom stereocenters. The second-order valence-electron chi connectivity index (χ2n) is 5.60. The van der Waals surface area contributed by atoms with Crippen molar-refractivity contribution in [1.29, 1.82) is 0 Å². The minimum atomic E-state index is 0.453. The monoisotopic (exact) mass is 246 g/mol. The molecule has 2 nitrogen and oxygen atoms in total. The molecule has 2 heteroatoms. The van der Waals surface area contributed by atoms with E-state index < -0.39 is 0 Å². The lowest BCUT2D eigenvalue weighted by atomic mass is 9.94. The maximum absolute atomic E-state index is 4.61. The molecule has 100 valence electrons. The van der Waals surface area contributed by atoms with E-state index in [4.69, 9.17) is 0 Å². The summed E-state index contributed by atoms with van der Waals surface area (Å²) in [4.78, 5) is 4.61. The van der Waals surface area contributed by atoms with E-state index in [1.807, 2.05) is 12.3 Å². The molecule has 0 radical (unpaired) electrons. The highest BCUT2D eigenvalue weighted by Gasteiger charge is 2.22. The first kappa shape index (κ1) is 13.5. The predicted molar refractivity (Wildman–Crippen MR) is 76.6 cm³/mol. The average Bonchev–Trinajstić information content (AvgIpc) is 2.88. The third kappa shape index (κ3) is 3.55. The highest BCUT2D eigenvalue weighted by atomic mass is 14.9. The summed E-state index contributed by atoms with van der Waals surface area (Å²) in [5.41, 5.74) is 2.59. The highest BCUT2D eigenvalue weighted by molar-refractivity contribution is 5.21. The summed E-state index contributed by atoms with van der Waals surface area (Å²) in [5.74, 6) is 0.903. The van der Waals surface area contributed by atoms with Crippen molar-refractivity contribution in [2.24, 2.45) is 5.92 Å². The lowest BCUT2D eigenvalue weighted by Crippen LogP contribution is -2.25. The minimum absolute atomic E-state index is 0.453. The molecule has 0 amide bonds. The van der Waals surface area contributed by atoms with Gasteiger partial charge in [-0.1, -0.05) is 38.7 Å². The summed E-state index contributed by atoms with van der Waals surface area (Å²) in [6, 6.07) is 4.66. The zero-order valence-electron chi connectivity index (χ0n) is 11.8. The van der Waals surface area contributed by atoms with Crippen LogP contribution < -0.4 is 5.32 Å². The molecule has 1 atom stereocenters. The van der Waals surface area contributed by atoms with E-state index in [0.717, 1.165) is 12.5 Å². The second kappa shape index (κ2) is 6.89. The fourth-order valence-corrected chi connectivity index (χ4v) is 3.05. The Morgan fingerprint density at radius 3 is 2.83 bits per heavy atom. The molecule has 0 saturated heterocycles. The molecule has 2 rings (SSSR count). The number of aryl methyl sites for hydroxylation is 1. The zero-order valence-corrected chi connectivity index (χ0v) is 11.8. The Balaban J connectivity index is 2.06. The van der Waals surface area contributed by atoms with Crippen LogP contribution in [-0.2, 0) is 0 Å². The van der Waals surface area contributed by atoms with E-state index in [1.165, 1.54) is 49.8 Å². The van der Waals surface area contributed by atoms with E-state index in [1.54, 1.807) is 0 Å². The third-order valence-corrected chi connectivity index (χ3v) is 4.06. The number of hydrogen-bond donors (Lipinski definition) is 1. The van der Waals surface area contributed by atoms with E-state index >= 15 is 0 Å². The van der Waals surface area contributed by atoms with Crippen molar-refractivity contribution < 1.29 is 0 Å². The first-order valence-electron chi connectivity index (χ1n) is 7.46. The molecule has 0 aromatic carbocycles. The number of pyridine rings is 1. The first-order valence-corrected chi connectivity index (χ1v) is 7.46. The van der Waals surface area contributed by atoms with Crippen molar-refractivity contribution in [2.75, 3.05) is 6.54 Å². The molecule has 1 aromatic rings. The Morgan fingerprint density at radius 1 is 1.39 bits per heavy atom. The van der Waals surface area contributed by atoms with Crippen molar-refractivity contribution in [3.8, 4) is 0 Å². The Hall–Kier alpha value is -0.890. The van der Waals surface area contributed by atoms with Crippen LogP contribution >= 0.6 is 0 Å². The fourth-order valence-electron chi connectivity index (χ4n) is 3.05. The molecule has 0 spiro atoms. The van der Waals surface area contributed by atoms with Gasteiger partial charge in [-0.05, 0) is 43.9 Å². The quantitative estimate of drug-likeness (QED) is 0.820. The van der Waals surface area contributed by atoms with Gasteiger partial charge in [-0.3, -0.25) is 4.98 Å². The molecular weight excluding hydrogens is 220 g/mol. The molecule has 1 fully saturated rings. The van der Waals surface area contributed by atoms with Crippen LogP contribution in [0.3, 0.4) is 0 Å². The number of nitrogens with zero attached hydrogens (tertiary/aromatic N) is 1. The van der Waals surface area contributed by atoms with Gasteiger partial charge in [0.2, 0.25) is 0 Å². The van der Waals surface area contributed by atoms with Gasteiger partial charge in [-0.2, -0.15) is 0 Å². The van der Waals surface area contributed by atoms with Crippen LogP contribution in [0.5, 0.6) is 0 Å². The summed E-state index contributed by atoms with van der Waals surface area (Å²) < 4.78 is 0. The first-order chi connectivity index (χ1) is 8.81.